The molecule has 23 heavy (non-hydrogen) atoms. The van der Waals surface area contributed by atoms with Crippen molar-refractivity contribution in [2.45, 2.75) is 38.5 Å². The zero-order valence-electron chi connectivity index (χ0n) is 14.2. The standard InChI is InChI=1S/C16H27N3O4/c1-12(22-3)11-17-16(20)13-6-10-23-15(13)14-5-7-18-19(14)8-4-9-21-2/h5,7,12-13,15H,4,6,8-11H2,1-3H3,(H,17,20)/t12-,13+,15+/m1/s1. The molecule has 1 aliphatic heterocycles. The number of hydrogen-bond acceptors (Lipinski definition) is 5. The van der Waals surface area contributed by atoms with E-state index in [1.807, 2.05) is 17.7 Å². The molecular weight excluding hydrogens is 298 g/mol. The molecule has 0 saturated carbocycles. The maximum Gasteiger partial charge on any atom is 0.226 e. The van der Waals surface area contributed by atoms with Crippen molar-refractivity contribution in [1.82, 2.24) is 15.1 Å². The van der Waals surface area contributed by atoms with Crippen molar-refractivity contribution in [1.29, 1.82) is 0 Å². The Bertz CT molecular complexity index is 491. The van der Waals surface area contributed by atoms with Crippen molar-refractivity contribution in [2.24, 2.45) is 5.92 Å². The van der Waals surface area contributed by atoms with E-state index in [-0.39, 0.29) is 24.0 Å². The highest BCUT2D eigenvalue weighted by atomic mass is 16.5. The van der Waals surface area contributed by atoms with Gasteiger partial charge in [-0.3, -0.25) is 9.48 Å². The first kappa shape index (κ1) is 17.9. The summed E-state index contributed by atoms with van der Waals surface area (Å²) in [4.78, 5) is 12.4. The van der Waals surface area contributed by atoms with Crippen LogP contribution in [-0.4, -0.2) is 55.8 Å². The molecule has 0 aliphatic carbocycles. The maximum absolute atomic E-state index is 12.4. The summed E-state index contributed by atoms with van der Waals surface area (Å²) in [6, 6.07) is 1.93. The van der Waals surface area contributed by atoms with Crippen molar-refractivity contribution in [3.63, 3.8) is 0 Å². The van der Waals surface area contributed by atoms with Gasteiger partial charge in [0, 0.05) is 46.7 Å². The minimum atomic E-state index is -0.238. The number of amides is 1. The van der Waals surface area contributed by atoms with Crippen LogP contribution in [0, 0.1) is 5.92 Å². The van der Waals surface area contributed by atoms with E-state index in [2.05, 4.69) is 10.4 Å². The number of carbonyl (C=O) groups excluding carboxylic acids is 1. The third-order valence-electron chi connectivity index (χ3n) is 4.15. The van der Waals surface area contributed by atoms with Crippen LogP contribution in [-0.2, 0) is 25.5 Å². The zero-order chi connectivity index (χ0) is 16.7. The van der Waals surface area contributed by atoms with Gasteiger partial charge in [-0.1, -0.05) is 0 Å². The smallest absolute Gasteiger partial charge is 0.226 e. The Hall–Kier alpha value is -1.44. The molecule has 0 bridgehead atoms. The van der Waals surface area contributed by atoms with Crippen LogP contribution in [0.2, 0.25) is 0 Å². The van der Waals surface area contributed by atoms with Crippen LogP contribution in [0.3, 0.4) is 0 Å². The molecule has 2 heterocycles. The lowest BCUT2D eigenvalue weighted by molar-refractivity contribution is -0.127. The Labute approximate surface area is 137 Å². The first-order valence-corrected chi connectivity index (χ1v) is 8.10. The van der Waals surface area contributed by atoms with Gasteiger partial charge in [-0.25, -0.2) is 0 Å². The molecule has 3 atom stereocenters. The summed E-state index contributed by atoms with van der Waals surface area (Å²) in [5.41, 5.74) is 0.957. The predicted molar refractivity (Wildman–Crippen MR) is 85.0 cm³/mol. The molecule has 0 spiro atoms. The number of rotatable bonds is 9. The molecule has 1 N–H and O–H groups in total. The molecule has 130 valence electrons. The van der Waals surface area contributed by atoms with Gasteiger partial charge < -0.3 is 19.5 Å². The van der Waals surface area contributed by atoms with Crippen LogP contribution in [0.5, 0.6) is 0 Å². The summed E-state index contributed by atoms with van der Waals surface area (Å²) in [7, 11) is 3.32. The monoisotopic (exact) mass is 325 g/mol. The molecule has 0 aromatic carbocycles. The summed E-state index contributed by atoms with van der Waals surface area (Å²) in [5, 5.41) is 7.29. The Morgan fingerprint density at radius 1 is 1.57 bits per heavy atom. The summed E-state index contributed by atoms with van der Waals surface area (Å²) in [5.74, 6) is -0.169. The van der Waals surface area contributed by atoms with E-state index in [0.717, 1.165) is 25.1 Å². The third kappa shape index (κ3) is 4.76. The van der Waals surface area contributed by atoms with E-state index in [9.17, 15) is 4.79 Å². The molecule has 2 rings (SSSR count). The molecule has 1 aliphatic rings. The highest BCUT2D eigenvalue weighted by Gasteiger charge is 2.37. The van der Waals surface area contributed by atoms with Crippen LogP contribution in [0.4, 0.5) is 0 Å². The lowest BCUT2D eigenvalue weighted by atomic mass is 9.98. The summed E-state index contributed by atoms with van der Waals surface area (Å²) in [6.07, 6.45) is 3.12. The topological polar surface area (TPSA) is 74.6 Å². The number of aryl methyl sites for hydroxylation is 1. The van der Waals surface area contributed by atoms with Crippen molar-refractivity contribution in [3.05, 3.63) is 18.0 Å². The van der Waals surface area contributed by atoms with E-state index in [1.165, 1.54) is 0 Å². The van der Waals surface area contributed by atoms with Gasteiger partial charge in [0.15, 0.2) is 0 Å². The average Bonchev–Trinajstić information content (AvgIpc) is 3.20. The molecule has 1 aromatic rings. The SMILES string of the molecule is COCCCn1nccc1[C@H]1OCC[C@@H]1C(=O)NC[C@@H](C)OC. The van der Waals surface area contributed by atoms with E-state index < -0.39 is 0 Å². The Morgan fingerprint density at radius 3 is 3.13 bits per heavy atom. The fourth-order valence-electron chi connectivity index (χ4n) is 2.74. The van der Waals surface area contributed by atoms with Crippen LogP contribution in [0.15, 0.2) is 12.3 Å². The lowest BCUT2D eigenvalue weighted by Gasteiger charge is -2.20. The van der Waals surface area contributed by atoms with Crippen LogP contribution < -0.4 is 5.32 Å². The second kappa shape index (κ2) is 9.00. The number of aromatic nitrogens is 2. The first-order chi connectivity index (χ1) is 11.2. The highest BCUT2D eigenvalue weighted by molar-refractivity contribution is 5.79. The largest absolute Gasteiger partial charge is 0.385 e. The molecule has 0 unspecified atom stereocenters. The number of hydrogen-bond donors (Lipinski definition) is 1. The Balaban J connectivity index is 1.98. The highest BCUT2D eigenvalue weighted by Crippen LogP contribution is 2.34. The molecule has 1 saturated heterocycles. The van der Waals surface area contributed by atoms with Crippen molar-refractivity contribution >= 4 is 5.91 Å². The number of ether oxygens (including phenoxy) is 3. The van der Waals surface area contributed by atoms with E-state index in [0.29, 0.717) is 19.8 Å². The first-order valence-electron chi connectivity index (χ1n) is 8.10. The molecule has 1 aromatic heterocycles. The lowest BCUT2D eigenvalue weighted by Crippen LogP contribution is -2.37. The zero-order valence-corrected chi connectivity index (χ0v) is 14.2. The van der Waals surface area contributed by atoms with Crippen LogP contribution in [0.1, 0.15) is 31.6 Å². The molecule has 1 fully saturated rings. The van der Waals surface area contributed by atoms with Gasteiger partial charge in [0.2, 0.25) is 5.91 Å². The fraction of sp³-hybridized carbons (Fsp3) is 0.750. The second-order valence-electron chi connectivity index (χ2n) is 5.80. The number of methoxy groups -OCH3 is 2. The maximum atomic E-state index is 12.4. The fourth-order valence-corrected chi connectivity index (χ4v) is 2.74. The molecule has 1 amide bonds. The van der Waals surface area contributed by atoms with Gasteiger partial charge in [-0.2, -0.15) is 5.10 Å². The van der Waals surface area contributed by atoms with Crippen LogP contribution in [0.25, 0.3) is 0 Å². The minimum Gasteiger partial charge on any atom is -0.385 e. The van der Waals surface area contributed by atoms with Gasteiger partial charge in [0.25, 0.3) is 0 Å². The van der Waals surface area contributed by atoms with E-state index in [4.69, 9.17) is 14.2 Å². The predicted octanol–water partition coefficient (Wildman–Crippen LogP) is 1.15. The quantitative estimate of drug-likeness (QED) is 0.689. The summed E-state index contributed by atoms with van der Waals surface area (Å²) < 4.78 is 18.0. The van der Waals surface area contributed by atoms with Gasteiger partial charge >= 0.3 is 0 Å². The molecule has 7 heteroatoms. The summed E-state index contributed by atoms with van der Waals surface area (Å²) in [6.45, 7) is 4.46. The number of nitrogens with zero attached hydrogens (tertiary/aromatic N) is 2. The normalized spacial score (nSPS) is 22.2. The van der Waals surface area contributed by atoms with E-state index >= 15 is 0 Å². The Morgan fingerprint density at radius 2 is 2.39 bits per heavy atom. The third-order valence-corrected chi connectivity index (χ3v) is 4.15. The van der Waals surface area contributed by atoms with Gasteiger partial charge in [-0.15, -0.1) is 0 Å². The summed E-state index contributed by atoms with van der Waals surface area (Å²) >= 11 is 0. The van der Waals surface area contributed by atoms with Gasteiger partial charge in [0.1, 0.15) is 6.10 Å². The second-order valence-corrected chi connectivity index (χ2v) is 5.80. The van der Waals surface area contributed by atoms with E-state index in [1.54, 1.807) is 20.4 Å². The van der Waals surface area contributed by atoms with Crippen LogP contribution >= 0.6 is 0 Å². The minimum absolute atomic E-state index is 0.000654. The average molecular weight is 325 g/mol. The van der Waals surface area contributed by atoms with Crippen molar-refractivity contribution in [3.8, 4) is 0 Å². The number of nitrogens with one attached hydrogen (secondary N) is 1. The van der Waals surface area contributed by atoms with Crippen molar-refractivity contribution in [2.75, 3.05) is 34.0 Å². The van der Waals surface area contributed by atoms with Gasteiger partial charge in [0.05, 0.1) is 17.7 Å². The molecular formula is C16H27N3O4. The molecule has 0 radical (unpaired) electrons. The van der Waals surface area contributed by atoms with Gasteiger partial charge in [-0.05, 0) is 25.8 Å². The number of carbonyl (C=O) groups is 1. The Kier molecular flexibility index (Phi) is 7.01. The van der Waals surface area contributed by atoms with Crippen molar-refractivity contribution < 1.29 is 19.0 Å². The molecule has 7 nitrogen and oxygen atoms in total.